The van der Waals surface area contributed by atoms with Crippen molar-refractivity contribution >= 4 is 15.9 Å². The molecule has 0 spiro atoms. The Labute approximate surface area is 125 Å². The van der Waals surface area contributed by atoms with Crippen molar-refractivity contribution in [2.45, 2.75) is 25.6 Å². The van der Waals surface area contributed by atoms with Gasteiger partial charge in [0.2, 0.25) is 0 Å². The Morgan fingerprint density at radius 3 is 2.95 bits per heavy atom. The predicted molar refractivity (Wildman–Crippen MR) is 73.9 cm³/mol. The molecule has 0 aromatic heterocycles. The average molecular weight is 344 g/mol. The van der Waals surface area contributed by atoms with Gasteiger partial charge in [-0.2, -0.15) is 5.26 Å². The lowest BCUT2D eigenvalue weighted by atomic mass is 10.2. The van der Waals surface area contributed by atoms with Crippen molar-refractivity contribution in [3.63, 3.8) is 0 Å². The Bertz CT molecular complexity index is 498. The van der Waals surface area contributed by atoms with Crippen LogP contribution in [0.4, 0.5) is 4.39 Å². The monoisotopic (exact) mass is 343 g/mol. The summed E-state index contributed by atoms with van der Waals surface area (Å²) in [4.78, 5) is 0. The maximum Gasteiger partial charge on any atom is 0.166 e. The van der Waals surface area contributed by atoms with Gasteiger partial charge >= 0.3 is 0 Å². The number of hydrogen-bond donors (Lipinski definition) is 0. The lowest BCUT2D eigenvalue weighted by molar-refractivity contribution is -0.165. The highest BCUT2D eigenvalue weighted by Crippen LogP contribution is 2.26. The Balaban J connectivity index is 1.79. The van der Waals surface area contributed by atoms with Crippen LogP contribution in [0.3, 0.4) is 0 Å². The van der Waals surface area contributed by atoms with Gasteiger partial charge in [0.25, 0.3) is 0 Å². The van der Waals surface area contributed by atoms with Crippen LogP contribution in [0, 0.1) is 17.1 Å². The second-order valence-electron chi connectivity index (χ2n) is 4.39. The van der Waals surface area contributed by atoms with E-state index in [9.17, 15) is 4.39 Å². The second-order valence-corrected chi connectivity index (χ2v) is 5.24. The molecule has 1 unspecified atom stereocenters. The largest absolute Gasteiger partial charge is 0.488 e. The van der Waals surface area contributed by atoms with Crippen molar-refractivity contribution in [1.29, 1.82) is 5.26 Å². The zero-order valence-electron chi connectivity index (χ0n) is 10.9. The van der Waals surface area contributed by atoms with E-state index in [0.29, 0.717) is 11.1 Å². The second kappa shape index (κ2) is 7.58. The fourth-order valence-electron chi connectivity index (χ4n) is 1.90. The van der Waals surface area contributed by atoms with Crippen molar-refractivity contribution in [3.05, 3.63) is 28.0 Å². The molecular formula is C14H15BrFNO3. The minimum atomic E-state index is -0.557. The zero-order chi connectivity index (χ0) is 14.4. The molecular weight excluding hydrogens is 329 g/mol. The van der Waals surface area contributed by atoms with Crippen LogP contribution in [-0.4, -0.2) is 26.1 Å². The standard InChI is InChI=1S/C14H15BrFNO3/c15-11-8-13(12(16)7-10(11)9-17)18-5-6-20-14-3-1-2-4-19-14/h7-8,14H,1-6H2. The van der Waals surface area contributed by atoms with Crippen molar-refractivity contribution in [3.8, 4) is 11.8 Å². The van der Waals surface area contributed by atoms with E-state index in [0.717, 1.165) is 31.9 Å². The molecule has 0 radical (unpaired) electrons. The van der Waals surface area contributed by atoms with Crippen molar-refractivity contribution < 1.29 is 18.6 Å². The topological polar surface area (TPSA) is 51.5 Å². The van der Waals surface area contributed by atoms with Gasteiger partial charge < -0.3 is 14.2 Å². The highest BCUT2D eigenvalue weighted by molar-refractivity contribution is 9.10. The first-order valence-electron chi connectivity index (χ1n) is 6.46. The highest BCUT2D eigenvalue weighted by Gasteiger charge is 2.14. The van der Waals surface area contributed by atoms with Crippen LogP contribution in [0.1, 0.15) is 24.8 Å². The van der Waals surface area contributed by atoms with Gasteiger partial charge in [0.1, 0.15) is 12.7 Å². The Kier molecular flexibility index (Phi) is 5.77. The molecule has 2 rings (SSSR count). The number of rotatable bonds is 5. The lowest BCUT2D eigenvalue weighted by Crippen LogP contribution is -2.24. The molecule has 4 nitrogen and oxygen atoms in total. The third-order valence-electron chi connectivity index (χ3n) is 2.92. The van der Waals surface area contributed by atoms with E-state index in [1.807, 2.05) is 6.07 Å². The van der Waals surface area contributed by atoms with E-state index in [2.05, 4.69) is 15.9 Å². The summed E-state index contributed by atoms with van der Waals surface area (Å²) in [7, 11) is 0. The van der Waals surface area contributed by atoms with Gasteiger partial charge in [-0.15, -0.1) is 0 Å². The third-order valence-corrected chi connectivity index (χ3v) is 3.58. The number of halogens is 2. The molecule has 0 N–H and O–H groups in total. The van der Waals surface area contributed by atoms with Crippen LogP contribution >= 0.6 is 15.9 Å². The van der Waals surface area contributed by atoms with E-state index in [-0.39, 0.29) is 24.2 Å². The van der Waals surface area contributed by atoms with Gasteiger partial charge in [-0.25, -0.2) is 4.39 Å². The molecule has 1 heterocycles. The molecule has 20 heavy (non-hydrogen) atoms. The summed E-state index contributed by atoms with van der Waals surface area (Å²) in [6, 6.07) is 4.48. The minimum absolute atomic E-state index is 0.101. The fraction of sp³-hybridized carbons (Fsp3) is 0.500. The van der Waals surface area contributed by atoms with E-state index in [4.69, 9.17) is 19.5 Å². The first-order chi connectivity index (χ1) is 9.70. The zero-order valence-corrected chi connectivity index (χ0v) is 12.5. The van der Waals surface area contributed by atoms with Gasteiger partial charge in [-0.1, -0.05) is 0 Å². The Hall–Kier alpha value is -1.16. The van der Waals surface area contributed by atoms with Gasteiger partial charge in [-0.05, 0) is 47.3 Å². The molecule has 1 aromatic rings. The van der Waals surface area contributed by atoms with Gasteiger partial charge in [0.15, 0.2) is 17.9 Å². The van der Waals surface area contributed by atoms with E-state index in [1.54, 1.807) is 0 Å². The summed E-state index contributed by atoms with van der Waals surface area (Å²) >= 11 is 3.19. The van der Waals surface area contributed by atoms with Gasteiger partial charge in [0.05, 0.1) is 12.2 Å². The van der Waals surface area contributed by atoms with E-state index >= 15 is 0 Å². The maximum atomic E-state index is 13.6. The summed E-state index contributed by atoms with van der Waals surface area (Å²) in [5.74, 6) is -0.456. The smallest absolute Gasteiger partial charge is 0.166 e. The number of nitriles is 1. The molecule has 0 bridgehead atoms. The normalized spacial score (nSPS) is 18.6. The van der Waals surface area contributed by atoms with E-state index < -0.39 is 5.82 Å². The summed E-state index contributed by atoms with van der Waals surface area (Å²) in [5.41, 5.74) is 0.238. The summed E-state index contributed by atoms with van der Waals surface area (Å²) in [6.07, 6.45) is 2.88. The van der Waals surface area contributed by atoms with Crippen LogP contribution in [0.15, 0.2) is 16.6 Å². The number of nitrogens with zero attached hydrogens (tertiary/aromatic N) is 1. The minimum Gasteiger partial charge on any atom is -0.488 e. The molecule has 0 amide bonds. The number of hydrogen-bond acceptors (Lipinski definition) is 4. The molecule has 1 aliphatic rings. The Morgan fingerprint density at radius 2 is 2.25 bits per heavy atom. The van der Waals surface area contributed by atoms with Gasteiger partial charge in [0, 0.05) is 11.1 Å². The molecule has 0 aliphatic carbocycles. The molecule has 1 saturated heterocycles. The van der Waals surface area contributed by atoms with Crippen LogP contribution in [0.25, 0.3) is 0 Å². The molecule has 108 valence electrons. The number of benzene rings is 1. The molecule has 1 aliphatic heterocycles. The molecule has 0 saturated carbocycles. The Morgan fingerprint density at radius 1 is 1.40 bits per heavy atom. The van der Waals surface area contributed by atoms with Crippen LogP contribution in [0.2, 0.25) is 0 Å². The molecule has 1 fully saturated rings. The summed E-state index contributed by atoms with van der Waals surface area (Å²) in [6.45, 7) is 1.29. The third kappa shape index (κ3) is 4.17. The van der Waals surface area contributed by atoms with Crippen LogP contribution in [-0.2, 0) is 9.47 Å². The number of ether oxygens (including phenoxy) is 3. The molecule has 6 heteroatoms. The predicted octanol–water partition coefficient (Wildman–Crippen LogP) is 3.38. The first kappa shape index (κ1) is 15.2. The molecule has 1 atom stereocenters. The van der Waals surface area contributed by atoms with Crippen molar-refractivity contribution in [1.82, 2.24) is 0 Å². The maximum absolute atomic E-state index is 13.6. The highest BCUT2D eigenvalue weighted by atomic mass is 79.9. The first-order valence-corrected chi connectivity index (χ1v) is 7.25. The van der Waals surface area contributed by atoms with E-state index in [1.165, 1.54) is 6.07 Å². The van der Waals surface area contributed by atoms with Crippen LogP contribution in [0.5, 0.6) is 5.75 Å². The fourth-order valence-corrected chi connectivity index (χ4v) is 2.31. The van der Waals surface area contributed by atoms with Crippen molar-refractivity contribution in [2.75, 3.05) is 19.8 Å². The van der Waals surface area contributed by atoms with Crippen LogP contribution < -0.4 is 4.74 Å². The molecule has 1 aromatic carbocycles. The SMILES string of the molecule is N#Cc1cc(F)c(OCCOC2CCCCO2)cc1Br. The quantitative estimate of drug-likeness (QED) is 0.769. The summed E-state index contributed by atoms with van der Waals surface area (Å²) < 4.78 is 30.4. The van der Waals surface area contributed by atoms with Gasteiger partial charge in [-0.3, -0.25) is 0 Å². The average Bonchev–Trinajstić information content (AvgIpc) is 2.47. The lowest BCUT2D eigenvalue weighted by Gasteiger charge is -2.22. The van der Waals surface area contributed by atoms with Crippen molar-refractivity contribution in [2.24, 2.45) is 0 Å². The summed E-state index contributed by atoms with van der Waals surface area (Å²) in [5, 5.41) is 8.77.